The Labute approximate surface area is 74.1 Å². The molecule has 0 aliphatic heterocycles. The summed E-state index contributed by atoms with van der Waals surface area (Å²) in [4.78, 5) is 11.1. The zero-order chi connectivity index (χ0) is 8.81. The number of nitrogens with one attached hydrogen (secondary N) is 1. The van der Waals surface area contributed by atoms with Gasteiger partial charge in [-0.15, -0.1) is 0 Å². The molecule has 0 unspecified atom stereocenters. The van der Waals surface area contributed by atoms with Crippen molar-refractivity contribution in [1.29, 1.82) is 0 Å². The Kier molecular flexibility index (Phi) is 3.33. The van der Waals surface area contributed by atoms with Crippen molar-refractivity contribution < 1.29 is 6.22 Å². The Hall–Kier alpha value is -1.31. The van der Waals surface area contributed by atoms with Crippen LogP contribution >= 0.6 is 0 Å². The molecule has 0 spiro atoms. The van der Waals surface area contributed by atoms with Crippen molar-refractivity contribution in [3.63, 3.8) is 0 Å². The summed E-state index contributed by atoms with van der Waals surface area (Å²) in [6.45, 7) is 2.62. The second-order valence-corrected chi connectivity index (χ2v) is 2.62. The molecule has 2 nitrogen and oxygen atoms in total. The summed E-state index contributed by atoms with van der Waals surface area (Å²) in [6.07, 6.45) is 0.481. The number of rotatable bonds is 3. The van der Waals surface area contributed by atoms with E-state index in [1.807, 2.05) is 37.3 Å². The minimum absolute atomic E-state index is 0. The van der Waals surface area contributed by atoms with E-state index in [1.54, 1.807) is 0 Å². The third kappa shape index (κ3) is 2.74. The summed E-state index contributed by atoms with van der Waals surface area (Å²) < 4.78 is 0. The summed E-state index contributed by atoms with van der Waals surface area (Å²) in [7, 11) is 0. The van der Waals surface area contributed by atoms with Gasteiger partial charge in [-0.2, -0.15) is 0 Å². The molecule has 0 heterocycles. The lowest BCUT2D eigenvalue weighted by Gasteiger charge is -2.00. The highest BCUT2D eigenvalue weighted by Crippen LogP contribution is 1.98. The topological polar surface area (TPSA) is 29.1 Å². The van der Waals surface area contributed by atoms with Crippen LogP contribution in [0.15, 0.2) is 30.3 Å². The van der Waals surface area contributed by atoms with Crippen LogP contribution in [0.1, 0.15) is 13.9 Å². The van der Waals surface area contributed by atoms with Gasteiger partial charge in [0.05, 0.1) is 6.42 Å². The molecule has 12 heavy (non-hydrogen) atoms. The van der Waals surface area contributed by atoms with Crippen LogP contribution < -0.4 is 5.32 Å². The lowest BCUT2D eigenvalue weighted by molar-refractivity contribution is -0.120. The summed E-state index contributed by atoms with van der Waals surface area (Å²) in [5.41, 5.74) is 1.06. The molecule has 0 aromatic heterocycles. The van der Waals surface area contributed by atoms with E-state index in [-0.39, 0.29) is 7.33 Å². The van der Waals surface area contributed by atoms with E-state index in [0.29, 0.717) is 13.0 Å². The van der Waals surface area contributed by atoms with E-state index in [9.17, 15) is 4.79 Å². The third-order valence-corrected chi connectivity index (χ3v) is 1.58. The molecule has 0 aliphatic rings. The molecular formula is C10H15NO. The number of hydrogen-bond donors (Lipinski definition) is 1. The maximum absolute atomic E-state index is 11.1. The number of hydrogen-bond acceptors (Lipinski definition) is 1. The van der Waals surface area contributed by atoms with Gasteiger partial charge in [0.15, 0.2) is 0 Å². The smallest absolute Gasteiger partial charge is 0.224 e. The van der Waals surface area contributed by atoms with Gasteiger partial charge in [0.1, 0.15) is 0 Å². The Bertz CT molecular complexity index is 248. The Morgan fingerprint density at radius 2 is 2.08 bits per heavy atom. The monoisotopic (exact) mass is 165 g/mol. The predicted octanol–water partition coefficient (Wildman–Crippen LogP) is 1.61. The van der Waals surface area contributed by atoms with Gasteiger partial charge in [0.25, 0.3) is 0 Å². The van der Waals surface area contributed by atoms with Gasteiger partial charge in [0, 0.05) is 7.97 Å². The first-order valence-electron chi connectivity index (χ1n) is 4.13. The fraction of sp³-hybridized carbons (Fsp3) is 0.300. The van der Waals surface area contributed by atoms with Crippen molar-refractivity contribution in [1.82, 2.24) is 5.32 Å². The van der Waals surface area contributed by atoms with Crippen LogP contribution in [-0.2, 0) is 11.2 Å². The average Bonchev–Trinajstić information content (AvgIpc) is 2.06. The predicted molar refractivity (Wildman–Crippen MR) is 50.9 cm³/mol. The largest absolute Gasteiger partial charge is 0.356 e. The van der Waals surface area contributed by atoms with E-state index in [1.165, 1.54) is 0 Å². The van der Waals surface area contributed by atoms with Gasteiger partial charge in [-0.3, -0.25) is 4.79 Å². The molecule has 0 atom stereocenters. The second kappa shape index (κ2) is 4.54. The molecule has 0 radical (unpaired) electrons. The van der Waals surface area contributed by atoms with E-state index in [4.69, 9.17) is 0 Å². The molecule has 1 rings (SSSR count). The fourth-order valence-corrected chi connectivity index (χ4v) is 1.04. The maximum Gasteiger partial charge on any atom is 0.224 e. The van der Waals surface area contributed by atoms with Gasteiger partial charge in [-0.05, 0) is 12.5 Å². The zero-order valence-electron chi connectivity index (χ0n) is 7.21. The molecule has 0 saturated heterocycles. The molecule has 0 bridgehead atoms. The lowest BCUT2D eigenvalue weighted by atomic mass is 10.1. The molecular weight excluding hydrogens is 150 g/mol. The lowest BCUT2D eigenvalue weighted by Crippen LogP contribution is -2.24. The Morgan fingerprint density at radius 1 is 1.42 bits per heavy atom. The van der Waals surface area contributed by atoms with Crippen LogP contribution in [0.25, 0.3) is 0 Å². The number of carbonyl (C=O) groups excluding carboxylic acids is 1. The van der Waals surface area contributed by atoms with Crippen LogP contribution in [-0.4, -0.2) is 12.5 Å². The molecule has 66 valence electrons. The fourth-order valence-electron chi connectivity index (χ4n) is 1.04. The van der Waals surface area contributed by atoms with Crippen LogP contribution in [0.4, 0.5) is 0 Å². The Morgan fingerprint density at radius 3 is 2.67 bits per heavy atom. The second-order valence-electron chi connectivity index (χ2n) is 2.62. The van der Waals surface area contributed by atoms with Crippen LogP contribution in [0.3, 0.4) is 0 Å². The molecule has 1 aromatic carbocycles. The van der Waals surface area contributed by atoms with Gasteiger partial charge in [-0.1, -0.05) is 30.3 Å². The quantitative estimate of drug-likeness (QED) is 0.724. The highest BCUT2D eigenvalue weighted by Gasteiger charge is 1.99. The van der Waals surface area contributed by atoms with Gasteiger partial charge in [0.2, 0.25) is 5.91 Å². The summed E-state index contributed by atoms with van der Waals surface area (Å²) in [6, 6.07) is 9.73. The summed E-state index contributed by atoms with van der Waals surface area (Å²) in [5.74, 6) is 0.0868. The molecule has 0 aliphatic carbocycles. The first kappa shape index (κ1) is 8.78. The molecule has 1 amide bonds. The van der Waals surface area contributed by atoms with Crippen molar-refractivity contribution in [2.75, 3.05) is 6.54 Å². The van der Waals surface area contributed by atoms with Crippen molar-refractivity contribution in [3.8, 4) is 0 Å². The van der Waals surface area contributed by atoms with Crippen LogP contribution in [0.5, 0.6) is 0 Å². The summed E-state index contributed by atoms with van der Waals surface area (Å²) >= 11 is 0. The number of likely N-dealkylation sites (N-methyl/N-ethyl adjacent to an activating group) is 1. The summed E-state index contributed by atoms with van der Waals surface area (Å²) in [5, 5.41) is 2.76. The van der Waals surface area contributed by atoms with Gasteiger partial charge in [-0.25, -0.2) is 0 Å². The van der Waals surface area contributed by atoms with E-state index in [0.717, 1.165) is 5.56 Å². The minimum atomic E-state index is 0. The number of carbonyl (C=O) groups is 1. The number of benzene rings is 1. The van der Waals surface area contributed by atoms with E-state index >= 15 is 0 Å². The van der Waals surface area contributed by atoms with Crippen molar-refractivity contribution in [3.05, 3.63) is 35.9 Å². The highest BCUT2D eigenvalue weighted by molar-refractivity contribution is 5.78. The minimum Gasteiger partial charge on any atom is -0.356 e. The van der Waals surface area contributed by atoms with E-state index < -0.39 is 0 Å². The van der Waals surface area contributed by atoms with Crippen molar-refractivity contribution >= 4 is 5.91 Å². The molecule has 1 aromatic rings. The highest BCUT2D eigenvalue weighted by atomic mass is 16.1. The third-order valence-electron chi connectivity index (χ3n) is 1.58. The van der Waals surface area contributed by atoms with E-state index in [2.05, 4.69) is 5.32 Å². The maximum atomic E-state index is 11.1. The van der Waals surface area contributed by atoms with Crippen LogP contribution in [0, 0.1) is 0 Å². The first-order valence-corrected chi connectivity index (χ1v) is 4.13. The standard InChI is InChI=1S/C10H13NO.H2/c1-2-11-10(12)8-9-6-4-3-5-7-9;/h3-7H,2,8H2,1H3,(H,11,12);1H. The Balaban J connectivity index is 0.00000144. The average molecular weight is 165 g/mol. The molecule has 1 N–H and O–H groups in total. The first-order chi connectivity index (χ1) is 5.83. The SMILES string of the molecule is CCNC(=O)Cc1ccccc1.[HH]. The van der Waals surface area contributed by atoms with Crippen LogP contribution in [0.2, 0.25) is 0 Å². The van der Waals surface area contributed by atoms with Gasteiger partial charge >= 0.3 is 0 Å². The normalized spacial score (nSPS) is 9.42. The molecule has 2 heteroatoms. The molecule has 0 saturated carbocycles. The zero-order valence-corrected chi connectivity index (χ0v) is 7.21. The van der Waals surface area contributed by atoms with Crippen molar-refractivity contribution in [2.45, 2.75) is 13.3 Å². The van der Waals surface area contributed by atoms with Gasteiger partial charge < -0.3 is 5.32 Å². The van der Waals surface area contributed by atoms with Crippen molar-refractivity contribution in [2.24, 2.45) is 0 Å². The number of amides is 1. The molecule has 0 fully saturated rings.